The third-order valence-corrected chi connectivity index (χ3v) is 4.80. The van der Waals surface area contributed by atoms with Crippen molar-refractivity contribution in [2.45, 2.75) is 51.2 Å². The van der Waals surface area contributed by atoms with Gasteiger partial charge in [-0.05, 0) is 31.7 Å². The Morgan fingerprint density at radius 3 is 2.64 bits per heavy atom. The van der Waals surface area contributed by atoms with E-state index in [4.69, 9.17) is 9.47 Å². The number of hydrogen-bond acceptors (Lipinski definition) is 3. The molecule has 25 heavy (non-hydrogen) atoms. The quantitative estimate of drug-likeness (QED) is 0.431. The van der Waals surface area contributed by atoms with E-state index in [0.29, 0.717) is 18.1 Å². The fraction of sp³-hybridized carbons (Fsp3) is 0.650. The summed E-state index contributed by atoms with van der Waals surface area (Å²) in [4.78, 5) is 4.33. The van der Waals surface area contributed by atoms with Crippen molar-refractivity contribution in [2.75, 3.05) is 33.4 Å². The number of rotatable bonds is 8. The number of aliphatic imine (C=N–C) groups is 1. The van der Waals surface area contributed by atoms with Crippen molar-refractivity contribution in [3.8, 4) is 0 Å². The van der Waals surface area contributed by atoms with E-state index in [1.807, 2.05) is 7.05 Å². The normalized spacial score (nSPS) is 18.6. The smallest absolute Gasteiger partial charge is 0.191 e. The minimum Gasteiger partial charge on any atom is -0.381 e. The Kier molecular flexibility index (Phi) is 8.77. The van der Waals surface area contributed by atoms with Gasteiger partial charge in [0.25, 0.3) is 0 Å². The first kappa shape index (κ1) is 19.7. The second kappa shape index (κ2) is 11.1. The number of ether oxygens (including phenoxy) is 2. The van der Waals surface area contributed by atoms with E-state index in [1.165, 1.54) is 5.56 Å². The Balaban J connectivity index is 1.64. The average Bonchev–Trinajstić information content (AvgIpc) is 2.67. The van der Waals surface area contributed by atoms with Crippen molar-refractivity contribution in [1.29, 1.82) is 0 Å². The summed E-state index contributed by atoms with van der Waals surface area (Å²) in [6.45, 7) is 7.73. The van der Waals surface area contributed by atoms with E-state index < -0.39 is 0 Å². The molecule has 1 aliphatic rings. The van der Waals surface area contributed by atoms with Gasteiger partial charge in [-0.25, -0.2) is 0 Å². The highest BCUT2D eigenvalue weighted by Crippen LogP contribution is 2.18. The van der Waals surface area contributed by atoms with Crippen LogP contribution < -0.4 is 10.6 Å². The Labute approximate surface area is 152 Å². The Morgan fingerprint density at radius 1 is 1.24 bits per heavy atom. The molecule has 5 heteroatoms. The SMILES string of the molecule is CN=C(NCCCOC1CCOCC1)NC(C)C(C)c1ccccc1. The zero-order valence-corrected chi connectivity index (χ0v) is 15.8. The molecule has 1 aliphatic heterocycles. The van der Waals surface area contributed by atoms with Crippen LogP contribution in [0.2, 0.25) is 0 Å². The number of guanidine groups is 1. The fourth-order valence-electron chi connectivity index (χ4n) is 2.95. The summed E-state index contributed by atoms with van der Waals surface area (Å²) in [6.07, 6.45) is 3.38. The first-order chi connectivity index (χ1) is 12.2. The molecule has 2 N–H and O–H groups in total. The summed E-state index contributed by atoms with van der Waals surface area (Å²) in [5, 5.41) is 6.87. The van der Waals surface area contributed by atoms with Gasteiger partial charge in [-0.3, -0.25) is 4.99 Å². The summed E-state index contributed by atoms with van der Waals surface area (Å²) in [5.74, 6) is 1.26. The molecule has 0 radical (unpaired) electrons. The van der Waals surface area contributed by atoms with Gasteiger partial charge in [0.15, 0.2) is 5.96 Å². The van der Waals surface area contributed by atoms with Crippen LogP contribution in [0, 0.1) is 0 Å². The van der Waals surface area contributed by atoms with Crippen LogP contribution in [-0.4, -0.2) is 51.5 Å². The van der Waals surface area contributed by atoms with Crippen molar-refractivity contribution in [3.63, 3.8) is 0 Å². The van der Waals surface area contributed by atoms with Crippen LogP contribution in [0.15, 0.2) is 35.3 Å². The fourth-order valence-corrected chi connectivity index (χ4v) is 2.95. The highest BCUT2D eigenvalue weighted by molar-refractivity contribution is 5.80. The van der Waals surface area contributed by atoms with E-state index in [2.05, 4.69) is 59.8 Å². The molecule has 0 amide bonds. The van der Waals surface area contributed by atoms with Crippen LogP contribution in [0.4, 0.5) is 0 Å². The molecule has 2 rings (SSSR count). The molecule has 0 bridgehead atoms. The van der Waals surface area contributed by atoms with Gasteiger partial charge >= 0.3 is 0 Å². The highest BCUT2D eigenvalue weighted by atomic mass is 16.5. The van der Waals surface area contributed by atoms with E-state index in [-0.39, 0.29) is 0 Å². The van der Waals surface area contributed by atoms with E-state index >= 15 is 0 Å². The van der Waals surface area contributed by atoms with E-state index in [0.717, 1.165) is 51.6 Å². The third-order valence-electron chi connectivity index (χ3n) is 4.80. The molecule has 140 valence electrons. The maximum atomic E-state index is 5.90. The number of benzene rings is 1. The summed E-state index contributed by atoms with van der Waals surface area (Å²) in [5.41, 5.74) is 1.34. The topological polar surface area (TPSA) is 54.9 Å². The maximum Gasteiger partial charge on any atom is 0.191 e. The molecule has 1 fully saturated rings. The molecular weight excluding hydrogens is 314 g/mol. The lowest BCUT2D eigenvalue weighted by Gasteiger charge is -2.24. The lowest BCUT2D eigenvalue weighted by molar-refractivity contribution is -0.0320. The Morgan fingerprint density at radius 2 is 1.96 bits per heavy atom. The van der Waals surface area contributed by atoms with Crippen LogP contribution in [-0.2, 0) is 9.47 Å². The standard InChI is InChI=1S/C20H33N3O2/c1-16(18-8-5-4-6-9-18)17(2)23-20(21-3)22-12-7-13-25-19-10-14-24-15-11-19/h4-6,8-9,16-17,19H,7,10-15H2,1-3H3,(H2,21,22,23). The third kappa shape index (κ3) is 7.04. The van der Waals surface area contributed by atoms with E-state index in [1.54, 1.807) is 0 Å². The van der Waals surface area contributed by atoms with Gasteiger partial charge in [-0.2, -0.15) is 0 Å². The molecule has 0 aliphatic carbocycles. The van der Waals surface area contributed by atoms with Crippen molar-refractivity contribution in [2.24, 2.45) is 4.99 Å². The van der Waals surface area contributed by atoms with Crippen molar-refractivity contribution in [1.82, 2.24) is 10.6 Å². The van der Waals surface area contributed by atoms with Crippen LogP contribution in [0.5, 0.6) is 0 Å². The Hall–Kier alpha value is -1.59. The van der Waals surface area contributed by atoms with Gasteiger partial charge in [-0.15, -0.1) is 0 Å². The molecule has 1 aromatic carbocycles. The summed E-state index contributed by atoms with van der Waals surface area (Å²) < 4.78 is 11.2. The molecule has 0 spiro atoms. The number of nitrogens with one attached hydrogen (secondary N) is 2. The zero-order valence-electron chi connectivity index (χ0n) is 15.8. The van der Waals surface area contributed by atoms with Gasteiger partial charge in [0, 0.05) is 45.4 Å². The molecule has 1 saturated heterocycles. The number of nitrogens with zero attached hydrogens (tertiary/aromatic N) is 1. The predicted molar refractivity (Wildman–Crippen MR) is 103 cm³/mol. The van der Waals surface area contributed by atoms with Gasteiger partial charge in [0.1, 0.15) is 0 Å². The lowest BCUT2D eigenvalue weighted by Crippen LogP contribution is -2.44. The van der Waals surface area contributed by atoms with Gasteiger partial charge in [0.2, 0.25) is 0 Å². The first-order valence-corrected chi connectivity index (χ1v) is 9.42. The molecule has 0 aromatic heterocycles. The minimum absolute atomic E-state index is 0.298. The zero-order chi connectivity index (χ0) is 17.9. The molecule has 1 aromatic rings. The minimum atomic E-state index is 0.298. The number of hydrogen-bond donors (Lipinski definition) is 2. The van der Waals surface area contributed by atoms with Crippen molar-refractivity contribution in [3.05, 3.63) is 35.9 Å². The summed E-state index contributed by atoms with van der Waals surface area (Å²) in [7, 11) is 1.81. The van der Waals surface area contributed by atoms with Gasteiger partial charge < -0.3 is 20.1 Å². The van der Waals surface area contributed by atoms with Crippen LogP contribution in [0.3, 0.4) is 0 Å². The molecule has 2 atom stereocenters. The summed E-state index contributed by atoms with van der Waals surface area (Å²) >= 11 is 0. The second-order valence-electron chi connectivity index (χ2n) is 6.67. The lowest BCUT2D eigenvalue weighted by atomic mass is 9.94. The summed E-state index contributed by atoms with van der Waals surface area (Å²) in [6, 6.07) is 10.9. The van der Waals surface area contributed by atoms with Gasteiger partial charge in [0.05, 0.1) is 6.10 Å². The van der Waals surface area contributed by atoms with Crippen molar-refractivity contribution >= 4 is 5.96 Å². The largest absolute Gasteiger partial charge is 0.381 e. The molecule has 5 nitrogen and oxygen atoms in total. The van der Waals surface area contributed by atoms with Crippen LogP contribution >= 0.6 is 0 Å². The highest BCUT2D eigenvalue weighted by Gasteiger charge is 2.15. The molecule has 1 heterocycles. The van der Waals surface area contributed by atoms with Crippen LogP contribution in [0.1, 0.15) is 44.6 Å². The molecule has 2 unspecified atom stereocenters. The Bertz CT molecular complexity index is 501. The predicted octanol–water partition coefficient (Wildman–Crippen LogP) is 2.93. The monoisotopic (exact) mass is 347 g/mol. The second-order valence-corrected chi connectivity index (χ2v) is 6.67. The van der Waals surface area contributed by atoms with E-state index in [9.17, 15) is 0 Å². The van der Waals surface area contributed by atoms with Crippen LogP contribution in [0.25, 0.3) is 0 Å². The average molecular weight is 348 g/mol. The molecule has 0 saturated carbocycles. The molecular formula is C20H33N3O2. The maximum absolute atomic E-state index is 5.90. The van der Waals surface area contributed by atoms with Gasteiger partial charge in [-0.1, -0.05) is 37.3 Å². The van der Waals surface area contributed by atoms with Crippen molar-refractivity contribution < 1.29 is 9.47 Å². The first-order valence-electron chi connectivity index (χ1n) is 9.42.